The van der Waals surface area contributed by atoms with E-state index in [-0.39, 0.29) is 24.3 Å². The molecule has 1 heterocycles. The van der Waals surface area contributed by atoms with Crippen molar-refractivity contribution in [1.82, 2.24) is 15.3 Å². The fourth-order valence-corrected chi connectivity index (χ4v) is 1.43. The summed E-state index contributed by atoms with van der Waals surface area (Å²) in [7, 11) is 3.60. The molecule has 1 rings (SSSR count). The van der Waals surface area contributed by atoms with E-state index in [4.69, 9.17) is 0 Å². The number of likely N-dealkylation sites (N-methyl/N-ethyl adjacent to an activating group) is 1. The first-order valence-corrected chi connectivity index (χ1v) is 4.34. The summed E-state index contributed by atoms with van der Waals surface area (Å²) in [6, 6.07) is -0.373. The Bertz CT molecular complexity index is 227. The van der Waals surface area contributed by atoms with Crippen LogP contribution in [-0.4, -0.2) is 48.4 Å². The van der Waals surface area contributed by atoms with E-state index in [1.165, 1.54) is 4.90 Å². The van der Waals surface area contributed by atoms with Gasteiger partial charge in [-0.1, -0.05) is 0 Å². The predicted octanol–water partition coefficient (Wildman–Crippen LogP) is -0.800. The van der Waals surface area contributed by atoms with Gasteiger partial charge in [0.25, 0.3) is 0 Å². The van der Waals surface area contributed by atoms with Gasteiger partial charge in [0.15, 0.2) is 0 Å². The topological polar surface area (TPSA) is 52.7 Å². The molecule has 0 bridgehead atoms. The number of nitrogens with zero attached hydrogens (tertiary/aromatic N) is 2. The van der Waals surface area contributed by atoms with Crippen LogP contribution in [-0.2, 0) is 9.59 Å². The number of hydrogen-bond donors (Lipinski definition) is 1. The second kappa shape index (κ2) is 3.85. The minimum Gasteiger partial charge on any atom is -0.281 e. The fourth-order valence-electron chi connectivity index (χ4n) is 1.43. The minimum absolute atomic E-state index is 0.0909. The molecule has 74 valence electrons. The standard InChI is InChI=1S/C8H15N3O2/c1-4-11-7(12)5-6(8(11)13)9-10(2)3/h6,9H,4-5H2,1-3H3. The third-order valence-electron chi connectivity index (χ3n) is 1.97. The summed E-state index contributed by atoms with van der Waals surface area (Å²) < 4.78 is 0. The number of likely N-dealkylation sites (tertiary alicyclic amines) is 1. The van der Waals surface area contributed by atoms with Crippen molar-refractivity contribution in [3.8, 4) is 0 Å². The molecule has 1 saturated heterocycles. The van der Waals surface area contributed by atoms with Crippen LogP contribution in [0.15, 0.2) is 0 Å². The number of nitrogens with one attached hydrogen (secondary N) is 1. The normalized spacial score (nSPS) is 23.4. The van der Waals surface area contributed by atoms with Gasteiger partial charge < -0.3 is 0 Å². The maximum absolute atomic E-state index is 11.5. The molecule has 0 aromatic carbocycles. The molecule has 0 radical (unpaired) electrons. The highest BCUT2D eigenvalue weighted by Crippen LogP contribution is 2.12. The van der Waals surface area contributed by atoms with Gasteiger partial charge in [-0.25, -0.2) is 10.4 Å². The first kappa shape index (κ1) is 10.1. The molecule has 0 aromatic heterocycles. The Morgan fingerprint density at radius 1 is 1.54 bits per heavy atom. The molecule has 1 aliphatic rings. The highest BCUT2D eigenvalue weighted by molar-refractivity contribution is 6.05. The highest BCUT2D eigenvalue weighted by atomic mass is 16.2. The van der Waals surface area contributed by atoms with Gasteiger partial charge in [0, 0.05) is 20.6 Å². The third-order valence-corrected chi connectivity index (χ3v) is 1.97. The zero-order chi connectivity index (χ0) is 10.0. The number of carbonyl (C=O) groups excluding carboxylic acids is 2. The van der Waals surface area contributed by atoms with Crippen LogP contribution < -0.4 is 5.43 Å². The number of hydrazine groups is 1. The molecule has 1 unspecified atom stereocenters. The average Bonchev–Trinajstić information content (AvgIpc) is 2.26. The maximum atomic E-state index is 11.5. The lowest BCUT2D eigenvalue weighted by atomic mass is 10.3. The number of rotatable bonds is 3. The summed E-state index contributed by atoms with van der Waals surface area (Å²) in [6.45, 7) is 2.26. The monoisotopic (exact) mass is 185 g/mol. The van der Waals surface area contributed by atoms with Crippen LogP contribution in [0.1, 0.15) is 13.3 Å². The SMILES string of the molecule is CCN1C(=O)CC(NN(C)C)C1=O. The second-order valence-corrected chi connectivity index (χ2v) is 3.26. The third kappa shape index (κ3) is 2.05. The zero-order valence-corrected chi connectivity index (χ0v) is 8.20. The first-order valence-electron chi connectivity index (χ1n) is 4.34. The van der Waals surface area contributed by atoms with E-state index in [0.717, 1.165) is 0 Å². The summed E-state index contributed by atoms with van der Waals surface area (Å²) in [5.41, 5.74) is 2.91. The Morgan fingerprint density at radius 3 is 2.54 bits per heavy atom. The van der Waals surface area contributed by atoms with Gasteiger partial charge in [-0.15, -0.1) is 0 Å². The quantitative estimate of drug-likeness (QED) is 0.462. The summed E-state index contributed by atoms with van der Waals surface area (Å²) in [5.74, 6) is -0.215. The predicted molar refractivity (Wildman–Crippen MR) is 47.6 cm³/mol. The van der Waals surface area contributed by atoms with Crippen LogP contribution in [0.4, 0.5) is 0 Å². The summed E-state index contributed by atoms with van der Waals surface area (Å²) >= 11 is 0. The van der Waals surface area contributed by atoms with Gasteiger partial charge in [0.05, 0.1) is 6.42 Å². The van der Waals surface area contributed by atoms with Crippen LogP contribution in [0.5, 0.6) is 0 Å². The zero-order valence-electron chi connectivity index (χ0n) is 8.20. The van der Waals surface area contributed by atoms with Gasteiger partial charge in [0.1, 0.15) is 6.04 Å². The van der Waals surface area contributed by atoms with Gasteiger partial charge in [-0.2, -0.15) is 0 Å². The van der Waals surface area contributed by atoms with Gasteiger partial charge in [0.2, 0.25) is 11.8 Å². The van der Waals surface area contributed by atoms with Crippen molar-refractivity contribution in [3.63, 3.8) is 0 Å². The Kier molecular flexibility index (Phi) is 3.00. The Morgan fingerprint density at radius 2 is 2.15 bits per heavy atom. The highest BCUT2D eigenvalue weighted by Gasteiger charge is 2.37. The molecule has 13 heavy (non-hydrogen) atoms. The molecule has 1 N–H and O–H groups in total. The van der Waals surface area contributed by atoms with Crippen LogP contribution in [0.2, 0.25) is 0 Å². The van der Waals surface area contributed by atoms with Gasteiger partial charge >= 0.3 is 0 Å². The Balaban J connectivity index is 2.62. The van der Waals surface area contributed by atoms with Gasteiger partial charge in [-0.3, -0.25) is 14.5 Å². The molecular weight excluding hydrogens is 170 g/mol. The molecule has 0 saturated carbocycles. The Hall–Kier alpha value is -0.940. The lowest BCUT2D eigenvalue weighted by Crippen LogP contribution is -2.44. The molecule has 1 fully saturated rings. The van der Waals surface area contributed by atoms with Crippen LogP contribution >= 0.6 is 0 Å². The first-order chi connectivity index (χ1) is 6.06. The van der Waals surface area contributed by atoms with Crippen molar-refractivity contribution in [2.24, 2.45) is 0 Å². The van der Waals surface area contributed by atoms with Crippen molar-refractivity contribution < 1.29 is 9.59 Å². The fraction of sp³-hybridized carbons (Fsp3) is 0.750. The molecule has 1 aliphatic heterocycles. The number of imide groups is 1. The van der Waals surface area contributed by atoms with E-state index in [1.54, 1.807) is 26.0 Å². The second-order valence-electron chi connectivity index (χ2n) is 3.26. The van der Waals surface area contributed by atoms with E-state index in [0.29, 0.717) is 6.54 Å². The van der Waals surface area contributed by atoms with E-state index in [1.807, 2.05) is 0 Å². The molecular formula is C8H15N3O2. The molecule has 1 atom stereocenters. The number of hydrogen-bond acceptors (Lipinski definition) is 4. The van der Waals surface area contributed by atoms with Gasteiger partial charge in [-0.05, 0) is 6.92 Å². The Labute approximate surface area is 77.7 Å². The van der Waals surface area contributed by atoms with Crippen molar-refractivity contribution in [3.05, 3.63) is 0 Å². The smallest absolute Gasteiger partial charge is 0.248 e. The van der Waals surface area contributed by atoms with E-state index in [2.05, 4.69) is 5.43 Å². The lowest BCUT2D eigenvalue weighted by Gasteiger charge is -2.17. The molecule has 0 spiro atoms. The van der Waals surface area contributed by atoms with E-state index >= 15 is 0 Å². The largest absolute Gasteiger partial charge is 0.281 e. The molecule has 5 heteroatoms. The summed E-state index contributed by atoms with van der Waals surface area (Å²) in [6.07, 6.45) is 0.269. The molecule has 0 aliphatic carbocycles. The van der Waals surface area contributed by atoms with Crippen molar-refractivity contribution in [1.29, 1.82) is 0 Å². The van der Waals surface area contributed by atoms with E-state index in [9.17, 15) is 9.59 Å². The van der Waals surface area contributed by atoms with E-state index < -0.39 is 0 Å². The molecule has 5 nitrogen and oxygen atoms in total. The number of carbonyl (C=O) groups is 2. The lowest BCUT2D eigenvalue weighted by molar-refractivity contribution is -0.138. The number of amides is 2. The minimum atomic E-state index is -0.373. The average molecular weight is 185 g/mol. The molecule has 0 aromatic rings. The summed E-state index contributed by atoms with van der Waals surface area (Å²) in [5, 5.41) is 1.69. The summed E-state index contributed by atoms with van der Waals surface area (Å²) in [4.78, 5) is 24.0. The molecule has 2 amide bonds. The van der Waals surface area contributed by atoms with Crippen LogP contribution in [0.25, 0.3) is 0 Å². The van der Waals surface area contributed by atoms with Crippen LogP contribution in [0, 0.1) is 0 Å². The van der Waals surface area contributed by atoms with Crippen molar-refractivity contribution >= 4 is 11.8 Å². The maximum Gasteiger partial charge on any atom is 0.248 e. The van der Waals surface area contributed by atoms with Crippen molar-refractivity contribution in [2.75, 3.05) is 20.6 Å². The van der Waals surface area contributed by atoms with Crippen molar-refractivity contribution in [2.45, 2.75) is 19.4 Å². The van der Waals surface area contributed by atoms with Crippen LogP contribution in [0.3, 0.4) is 0 Å².